The van der Waals surface area contributed by atoms with Crippen LogP contribution >= 0.6 is 0 Å². The van der Waals surface area contributed by atoms with Crippen LogP contribution in [0.3, 0.4) is 0 Å². The van der Waals surface area contributed by atoms with Gasteiger partial charge in [-0.2, -0.15) is 0 Å². The van der Waals surface area contributed by atoms with Crippen molar-refractivity contribution in [2.75, 3.05) is 0 Å². The average Bonchev–Trinajstić information content (AvgIpc) is 0.918. The van der Waals surface area contributed by atoms with Gasteiger partial charge in [-0.25, -0.2) is 0 Å². The third-order valence-corrected chi connectivity index (χ3v) is 0. The van der Waals surface area contributed by atoms with E-state index in [0.29, 0.717) is 0 Å². The monoisotopic (exact) mass is 242 g/mol. The van der Waals surface area contributed by atoms with Crippen LogP contribution in [0, 0.1) is 7.43 Å². The average molecular weight is 242 g/mol. The molecule has 0 fully saturated rings. The normalized spacial score (nSPS) is 5.00. The van der Waals surface area contributed by atoms with Crippen molar-refractivity contribution in [3.05, 3.63) is 7.43 Å². The Morgan fingerprint density at radius 2 is 1.25 bits per heavy atom. The molecule has 0 spiro atoms. The predicted octanol–water partition coefficient (Wildman–Crippen LogP) is 0.210. The summed E-state index contributed by atoms with van der Waals surface area (Å²) < 4.78 is 17.0. The van der Waals surface area contributed by atoms with Crippen molar-refractivity contribution in [1.29, 1.82) is 0 Å². The Balaban J connectivity index is 0. The summed E-state index contributed by atoms with van der Waals surface area (Å²) in [5, 5.41) is 0. The standard InChI is InChI=1S/CH3.2O.Pt/h1H3;;;/q-1;;;. The summed E-state index contributed by atoms with van der Waals surface area (Å²) in [6.07, 6.45) is 0. The maximum atomic E-state index is 8.49. The third kappa shape index (κ3) is 45.7. The molecule has 30 valence electrons. The van der Waals surface area contributed by atoms with Crippen molar-refractivity contribution in [2.45, 2.75) is 0 Å². The van der Waals surface area contributed by atoms with Gasteiger partial charge >= 0.3 is 25.3 Å². The summed E-state index contributed by atoms with van der Waals surface area (Å²) in [4.78, 5) is 0. The predicted molar refractivity (Wildman–Crippen MR) is 7.79 cm³/mol. The van der Waals surface area contributed by atoms with Gasteiger partial charge in [-0.1, -0.05) is 0 Å². The van der Waals surface area contributed by atoms with E-state index in [4.69, 9.17) is 6.80 Å². The zero-order chi connectivity index (χ0) is 2.71. The fourth-order valence-electron chi connectivity index (χ4n) is 0. The first kappa shape index (κ1) is 8.86. The van der Waals surface area contributed by atoms with Gasteiger partial charge in [0.05, 0.1) is 0 Å². The van der Waals surface area contributed by atoms with Crippen LogP contribution in [-0.2, 0) is 25.3 Å². The van der Waals surface area contributed by atoms with Gasteiger partial charge in [-0.05, 0) is 0 Å². The molecule has 0 saturated heterocycles. The number of rotatable bonds is 0. The van der Waals surface area contributed by atoms with Crippen molar-refractivity contribution in [2.24, 2.45) is 0 Å². The molecular weight excluding hydrogens is 239 g/mol. The molecule has 0 radical (unpaired) electrons. The second kappa shape index (κ2) is 10.4. The molecule has 0 amide bonds. The summed E-state index contributed by atoms with van der Waals surface area (Å²) in [5.74, 6) is 0. The molecular formula is CH3O2Pt-. The quantitative estimate of drug-likeness (QED) is 0.569. The first-order valence-electron chi connectivity index (χ1n) is 0.258. The Bertz CT molecular complexity index is 27.0. The van der Waals surface area contributed by atoms with E-state index in [9.17, 15) is 0 Å². The van der Waals surface area contributed by atoms with Gasteiger partial charge in [0, 0.05) is 0 Å². The Morgan fingerprint density at radius 3 is 1.25 bits per heavy atom. The molecule has 0 rings (SSSR count). The second-order valence-electron chi connectivity index (χ2n) is 0.0527. The number of hydrogen-bond donors (Lipinski definition) is 0. The fraction of sp³-hybridized carbons (Fsp3) is 0. The van der Waals surface area contributed by atoms with E-state index >= 15 is 0 Å². The molecule has 0 aliphatic carbocycles. The van der Waals surface area contributed by atoms with Crippen LogP contribution in [0.5, 0.6) is 0 Å². The van der Waals surface area contributed by atoms with Gasteiger partial charge in [-0.3, -0.25) is 0 Å². The maximum absolute atomic E-state index is 8.49. The zero-order valence-corrected chi connectivity index (χ0v) is 4.40. The summed E-state index contributed by atoms with van der Waals surface area (Å²) >= 11 is -1.92. The third-order valence-electron chi connectivity index (χ3n) is 0. The second-order valence-corrected chi connectivity index (χ2v) is 0.431. The van der Waals surface area contributed by atoms with Crippen LogP contribution in [0.2, 0.25) is 0 Å². The van der Waals surface area contributed by atoms with Crippen LogP contribution < -0.4 is 0 Å². The fourth-order valence-corrected chi connectivity index (χ4v) is 0. The molecule has 0 aromatic carbocycles. The topological polar surface area (TPSA) is 34.1 Å². The molecule has 0 aliphatic rings. The molecule has 0 atom stereocenters. The Kier molecular flexibility index (Phi) is 23.0. The summed E-state index contributed by atoms with van der Waals surface area (Å²) in [5.41, 5.74) is 0. The van der Waals surface area contributed by atoms with E-state index in [1.54, 1.807) is 0 Å². The van der Waals surface area contributed by atoms with Crippen LogP contribution in [0.1, 0.15) is 0 Å². The minimum absolute atomic E-state index is 0. The molecule has 0 aromatic heterocycles. The molecule has 0 N–H and O–H groups in total. The molecule has 4 heavy (non-hydrogen) atoms. The van der Waals surface area contributed by atoms with Crippen molar-refractivity contribution in [1.82, 2.24) is 0 Å². The molecule has 3 heteroatoms. The van der Waals surface area contributed by atoms with E-state index in [0.717, 1.165) is 0 Å². The molecule has 0 aliphatic heterocycles. The van der Waals surface area contributed by atoms with E-state index in [2.05, 4.69) is 0 Å². The Hall–Kier alpha value is 0.288. The van der Waals surface area contributed by atoms with E-state index in [1.807, 2.05) is 0 Å². The Labute approximate surface area is 33.4 Å². The van der Waals surface area contributed by atoms with Crippen LogP contribution in [0.15, 0.2) is 0 Å². The van der Waals surface area contributed by atoms with Crippen molar-refractivity contribution in [3.8, 4) is 0 Å². The zero-order valence-electron chi connectivity index (χ0n) is 2.13. The van der Waals surface area contributed by atoms with Crippen LogP contribution in [0.4, 0.5) is 0 Å². The van der Waals surface area contributed by atoms with Crippen molar-refractivity contribution < 1.29 is 25.3 Å². The van der Waals surface area contributed by atoms with Crippen molar-refractivity contribution >= 4 is 0 Å². The van der Waals surface area contributed by atoms with Crippen LogP contribution in [0.25, 0.3) is 0 Å². The van der Waals surface area contributed by atoms with Gasteiger partial charge in [0.1, 0.15) is 0 Å². The summed E-state index contributed by atoms with van der Waals surface area (Å²) in [7, 11) is 0. The van der Waals surface area contributed by atoms with E-state index in [-0.39, 0.29) is 7.43 Å². The van der Waals surface area contributed by atoms with E-state index < -0.39 is 18.5 Å². The number of hydrogen-bond acceptors (Lipinski definition) is 2. The molecule has 0 aromatic rings. The van der Waals surface area contributed by atoms with Gasteiger partial charge < -0.3 is 7.43 Å². The summed E-state index contributed by atoms with van der Waals surface area (Å²) in [6.45, 7) is 0. The van der Waals surface area contributed by atoms with E-state index in [1.165, 1.54) is 0 Å². The van der Waals surface area contributed by atoms with Crippen LogP contribution in [-0.4, -0.2) is 0 Å². The van der Waals surface area contributed by atoms with Gasteiger partial charge in [-0.15, -0.1) is 0 Å². The molecule has 0 saturated carbocycles. The molecule has 0 unspecified atom stereocenters. The minimum atomic E-state index is -1.92. The molecule has 0 bridgehead atoms. The van der Waals surface area contributed by atoms with Gasteiger partial charge in [0.25, 0.3) is 0 Å². The molecule has 2 nitrogen and oxygen atoms in total. The first-order chi connectivity index (χ1) is 1.41. The Morgan fingerprint density at radius 1 is 1.25 bits per heavy atom. The van der Waals surface area contributed by atoms with Gasteiger partial charge in [0.2, 0.25) is 0 Å². The SMILES string of the molecule is [CH3-].[O]=[Pt]=[O]. The summed E-state index contributed by atoms with van der Waals surface area (Å²) in [6, 6.07) is 0. The molecule has 0 heterocycles. The van der Waals surface area contributed by atoms with Crippen molar-refractivity contribution in [3.63, 3.8) is 0 Å². The van der Waals surface area contributed by atoms with Gasteiger partial charge in [0.15, 0.2) is 0 Å². The first-order valence-corrected chi connectivity index (χ1v) is 2.11.